The molecule has 3 N–H and O–H groups in total. The Bertz CT molecular complexity index is 1160. The zero-order chi connectivity index (χ0) is 22.4. The summed E-state index contributed by atoms with van der Waals surface area (Å²) >= 11 is 1.39. The lowest BCUT2D eigenvalue weighted by Gasteiger charge is -2.05. The van der Waals surface area contributed by atoms with Gasteiger partial charge >= 0.3 is 11.8 Å². The molecular formula is C19H19FN6O4S. The second-order valence-electron chi connectivity index (χ2n) is 6.52. The van der Waals surface area contributed by atoms with Gasteiger partial charge in [-0.25, -0.2) is 28.2 Å². The number of rotatable bonds is 8. The number of aromatic nitrogens is 4. The van der Waals surface area contributed by atoms with Crippen molar-refractivity contribution in [2.45, 2.75) is 19.9 Å². The maximum absolute atomic E-state index is 13.0. The molecule has 0 fully saturated rings. The van der Waals surface area contributed by atoms with Crippen molar-refractivity contribution < 1.29 is 19.1 Å². The van der Waals surface area contributed by atoms with Gasteiger partial charge in [-0.3, -0.25) is 4.79 Å². The predicted octanol–water partition coefficient (Wildman–Crippen LogP) is 2.16. The molecule has 0 atom stereocenters. The van der Waals surface area contributed by atoms with Crippen LogP contribution in [0.1, 0.15) is 17.4 Å². The number of carbonyl (C=O) groups is 2. The van der Waals surface area contributed by atoms with Gasteiger partial charge in [0.2, 0.25) is 5.91 Å². The van der Waals surface area contributed by atoms with Crippen molar-refractivity contribution in [3.05, 3.63) is 69.6 Å². The fourth-order valence-electron chi connectivity index (χ4n) is 2.71. The Morgan fingerprint density at radius 1 is 1.29 bits per heavy atom. The van der Waals surface area contributed by atoms with E-state index in [-0.39, 0.29) is 30.9 Å². The highest BCUT2D eigenvalue weighted by Crippen LogP contribution is 2.21. The summed E-state index contributed by atoms with van der Waals surface area (Å²) in [7, 11) is 0. The maximum Gasteiger partial charge on any atom is 0.404 e. The lowest BCUT2D eigenvalue weighted by Crippen LogP contribution is -2.29. The monoisotopic (exact) mass is 446 g/mol. The van der Waals surface area contributed by atoms with Crippen molar-refractivity contribution in [3.63, 3.8) is 0 Å². The number of hydrogen-bond donors (Lipinski definition) is 3. The first-order valence-electron chi connectivity index (χ1n) is 9.06. The molecule has 12 heteroatoms. The van der Waals surface area contributed by atoms with E-state index in [2.05, 4.69) is 15.4 Å². The number of hydrogen-bond acceptors (Lipinski definition) is 6. The topological polar surface area (TPSA) is 131 Å². The molecule has 0 radical (unpaired) electrons. The average Bonchev–Trinajstić information content (AvgIpc) is 3.31. The first-order valence-corrected chi connectivity index (χ1v) is 9.88. The summed E-state index contributed by atoms with van der Waals surface area (Å²) in [6.07, 6.45) is 2.61. The van der Waals surface area contributed by atoms with E-state index in [0.717, 1.165) is 15.1 Å². The summed E-state index contributed by atoms with van der Waals surface area (Å²) in [5, 5.41) is 17.8. The number of carbonyl (C=O) groups excluding carboxylic acids is 1. The van der Waals surface area contributed by atoms with Gasteiger partial charge in [0, 0.05) is 31.0 Å². The van der Waals surface area contributed by atoms with E-state index in [1.54, 1.807) is 18.3 Å². The summed E-state index contributed by atoms with van der Waals surface area (Å²) < 4.78 is 15.3. The molecule has 3 aromatic rings. The van der Waals surface area contributed by atoms with Gasteiger partial charge < -0.3 is 15.7 Å². The third kappa shape index (κ3) is 5.85. The van der Waals surface area contributed by atoms with Crippen molar-refractivity contribution in [1.82, 2.24) is 24.6 Å². The highest BCUT2D eigenvalue weighted by molar-refractivity contribution is 7.15. The number of benzene rings is 1. The fourth-order valence-corrected chi connectivity index (χ4v) is 3.60. The van der Waals surface area contributed by atoms with Crippen LogP contribution >= 0.6 is 11.3 Å². The predicted molar refractivity (Wildman–Crippen MR) is 112 cm³/mol. The maximum atomic E-state index is 13.0. The molecule has 0 aliphatic rings. The van der Waals surface area contributed by atoms with Gasteiger partial charge in [0.15, 0.2) is 5.13 Å². The molecule has 0 bridgehead atoms. The van der Waals surface area contributed by atoms with E-state index >= 15 is 0 Å². The Morgan fingerprint density at radius 3 is 2.68 bits per heavy atom. The van der Waals surface area contributed by atoms with E-state index in [4.69, 9.17) is 5.11 Å². The SMILES string of the molecule is CC(=O)Nc1ncc(Cc2ccc(-n3cnn(C/C(=C/F)CNC(=O)O)c3=O)cc2)s1. The fraction of sp³-hybridized carbons (Fsp3) is 0.211. The van der Waals surface area contributed by atoms with E-state index in [0.29, 0.717) is 17.2 Å². The lowest BCUT2D eigenvalue weighted by molar-refractivity contribution is -0.114. The minimum Gasteiger partial charge on any atom is -0.465 e. The molecule has 31 heavy (non-hydrogen) atoms. The quantitative estimate of drug-likeness (QED) is 0.486. The number of carboxylic acid groups (broad SMARTS) is 1. The van der Waals surface area contributed by atoms with Crippen LogP contribution in [-0.4, -0.2) is 43.0 Å². The molecular weight excluding hydrogens is 427 g/mol. The molecule has 10 nitrogen and oxygen atoms in total. The summed E-state index contributed by atoms with van der Waals surface area (Å²) in [6.45, 7) is 0.995. The molecule has 0 spiro atoms. The molecule has 0 saturated heterocycles. The van der Waals surface area contributed by atoms with Crippen LogP contribution in [0.15, 0.2) is 53.5 Å². The number of anilines is 1. The van der Waals surface area contributed by atoms with Crippen LogP contribution in [0.3, 0.4) is 0 Å². The molecule has 0 aliphatic heterocycles. The Labute approximate surface area is 179 Å². The van der Waals surface area contributed by atoms with Crippen molar-refractivity contribution in [2.24, 2.45) is 0 Å². The molecule has 162 valence electrons. The molecule has 2 aromatic heterocycles. The minimum atomic E-state index is -1.29. The van der Waals surface area contributed by atoms with E-state index in [1.165, 1.54) is 29.2 Å². The van der Waals surface area contributed by atoms with E-state index in [9.17, 15) is 18.8 Å². The highest BCUT2D eigenvalue weighted by Gasteiger charge is 2.11. The number of nitrogens with zero attached hydrogens (tertiary/aromatic N) is 4. The second kappa shape index (κ2) is 9.80. The van der Waals surface area contributed by atoms with Gasteiger partial charge in [0.25, 0.3) is 0 Å². The summed E-state index contributed by atoms with van der Waals surface area (Å²) in [4.78, 5) is 39.3. The number of thiazole rings is 1. The number of amides is 2. The first kappa shape index (κ1) is 21.9. The molecule has 1 aromatic carbocycles. The van der Waals surface area contributed by atoms with Crippen molar-refractivity contribution in [3.8, 4) is 5.69 Å². The summed E-state index contributed by atoms with van der Waals surface area (Å²) in [6, 6.07) is 7.24. The largest absolute Gasteiger partial charge is 0.465 e. The second-order valence-corrected chi connectivity index (χ2v) is 7.64. The van der Waals surface area contributed by atoms with Crippen LogP contribution < -0.4 is 16.3 Å². The lowest BCUT2D eigenvalue weighted by atomic mass is 10.1. The van der Waals surface area contributed by atoms with E-state index in [1.807, 2.05) is 17.4 Å². The van der Waals surface area contributed by atoms with Crippen LogP contribution in [0.5, 0.6) is 0 Å². The zero-order valence-electron chi connectivity index (χ0n) is 16.4. The molecule has 3 rings (SSSR count). The van der Waals surface area contributed by atoms with Crippen LogP contribution in [0.25, 0.3) is 5.69 Å². The standard InChI is InChI=1S/C19H19FN6O4S/c1-12(27)24-17-21-9-16(31-17)6-13-2-4-15(5-3-13)25-11-23-26(19(25)30)10-14(7-20)8-22-18(28)29/h2-5,7,9,11,22H,6,8,10H2,1H3,(H,28,29)(H,21,24,27)/b14-7+. The summed E-state index contributed by atoms with van der Waals surface area (Å²) in [5.41, 5.74) is 1.15. The Kier molecular flexibility index (Phi) is 6.92. The number of halogens is 1. The van der Waals surface area contributed by atoms with Gasteiger partial charge in [-0.15, -0.1) is 11.3 Å². The average molecular weight is 446 g/mol. The van der Waals surface area contributed by atoms with E-state index < -0.39 is 11.8 Å². The molecule has 0 saturated carbocycles. The normalized spacial score (nSPS) is 11.4. The van der Waals surface area contributed by atoms with Gasteiger partial charge in [0.05, 0.1) is 18.6 Å². The zero-order valence-corrected chi connectivity index (χ0v) is 17.2. The van der Waals surface area contributed by atoms with Crippen molar-refractivity contribution in [1.29, 1.82) is 0 Å². The highest BCUT2D eigenvalue weighted by atomic mass is 32.1. The van der Waals surface area contributed by atoms with Gasteiger partial charge in [-0.05, 0) is 23.3 Å². The summed E-state index contributed by atoms with van der Waals surface area (Å²) in [5.74, 6) is -0.177. The third-order valence-electron chi connectivity index (χ3n) is 4.14. The molecule has 2 amide bonds. The minimum absolute atomic E-state index is 0.0632. The molecule has 0 unspecified atom stereocenters. The van der Waals surface area contributed by atoms with Crippen LogP contribution in [0, 0.1) is 0 Å². The Hall–Kier alpha value is -3.80. The van der Waals surface area contributed by atoms with Gasteiger partial charge in [-0.1, -0.05) is 12.1 Å². The first-order chi connectivity index (χ1) is 14.9. The third-order valence-corrected chi connectivity index (χ3v) is 5.05. The van der Waals surface area contributed by atoms with Crippen LogP contribution in [0.4, 0.5) is 14.3 Å². The smallest absolute Gasteiger partial charge is 0.404 e. The molecule has 0 aliphatic carbocycles. The molecule has 2 heterocycles. The van der Waals surface area contributed by atoms with Crippen molar-refractivity contribution in [2.75, 3.05) is 11.9 Å². The Morgan fingerprint density at radius 2 is 2.03 bits per heavy atom. The van der Waals surface area contributed by atoms with Gasteiger partial charge in [-0.2, -0.15) is 5.10 Å². The van der Waals surface area contributed by atoms with Crippen molar-refractivity contribution >= 4 is 28.5 Å². The van der Waals surface area contributed by atoms with Crippen LogP contribution in [-0.2, 0) is 17.8 Å². The van der Waals surface area contributed by atoms with Gasteiger partial charge in [0.1, 0.15) is 6.33 Å². The Balaban J connectivity index is 1.68. The van der Waals surface area contributed by atoms with Crippen LogP contribution in [0.2, 0.25) is 0 Å². The number of nitrogens with one attached hydrogen (secondary N) is 2.